The molecule has 0 fully saturated rings. The van der Waals surface area contributed by atoms with E-state index in [1.165, 1.54) is 27.8 Å². The van der Waals surface area contributed by atoms with Crippen molar-refractivity contribution < 1.29 is 9.47 Å². The Morgan fingerprint density at radius 3 is 2.23 bits per heavy atom. The van der Waals surface area contributed by atoms with Crippen molar-refractivity contribution in [2.75, 3.05) is 4.90 Å². The second-order valence-electron chi connectivity index (χ2n) is 14.9. The second-order valence-corrected chi connectivity index (χ2v) is 14.9. The lowest BCUT2D eigenvalue weighted by molar-refractivity contribution is 0.450. The molecule has 4 heterocycles. The monoisotopic (exact) mass is 684 g/mol. The largest absolute Gasteiger partial charge is 0.453 e. The van der Waals surface area contributed by atoms with Gasteiger partial charge in [0, 0.05) is 28.0 Å². The molecule has 0 N–H and O–H groups in total. The number of hydrogen-bond donors (Lipinski definition) is 0. The van der Waals surface area contributed by atoms with Gasteiger partial charge in [-0.3, -0.25) is 9.47 Å². The zero-order chi connectivity index (χ0) is 35.0. The molecule has 0 unspecified atom stereocenters. The molecule has 12 rings (SSSR count). The lowest BCUT2D eigenvalue weighted by atomic mass is 9.82. The van der Waals surface area contributed by atoms with Gasteiger partial charge in [-0.25, -0.2) is 9.97 Å². The second kappa shape index (κ2) is 10.2. The minimum atomic E-state index is -0.194. The first kappa shape index (κ1) is 29.0. The highest BCUT2D eigenvalue weighted by atomic mass is 16.5. The third kappa shape index (κ3) is 3.82. The van der Waals surface area contributed by atoms with Crippen molar-refractivity contribution >= 4 is 44.9 Å². The van der Waals surface area contributed by atoms with Crippen molar-refractivity contribution in [1.82, 2.24) is 14.5 Å². The van der Waals surface area contributed by atoms with E-state index >= 15 is 0 Å². The third-order valence-corrected chi connectivity index (χ3v) is 11.6. The van der Waals surface area contributed by atoms with E-state index in [0.29, 0.717) is 5.95 Å². The molecule has 8 aromatic rings. The number of allylic oxidation sites excluding steroid dienone is 1. The Kier molecular flexibility index (Phi) is 5.59. The van der Waals surface area contributed by atoms with Crippen LogP contribution in [0.3, 0.4) is 0 Å². The zero-order valence-corrected chi connectivity index (χ0v) is 29.2. The molecule has 0 bridgehead atoms. The van der Waals surface area contributed by atoms with Crippen LogP contribution >= 0.6 is 0 Å². The molecular weight excluding hydrogens is 653 g/mol. The molecule has 6 aromatic carbocycles. The number of ether oxygens (including phenoxy) is 2. The van der Waals surface area contributed by atoms with Crippen LogP contribution in [0.2, 0.25) is 0 Å². The topological polar surface area (TPSA) is 52.4 Å². The first-order valence-corrected chi connectivity index (χ1v) is 18.3. The number of hydrogen-bond acceptors (Lipinski definition) is 5. The van der Waals surface area contributed by atoms with Gasteiger partial charge in [0.05, 0.1) is 39.2 Å². The molecule has 6 heteroatoms. The molecule has 2 aliphatic heterocycles. The Balaban J connectivity index is 1.24. The molecule has 4 aliphatic rings. The van der Waals surface area contributed by atoms with Crippen LogP contribution in [-0.2, 0) is 11.8 Å². The Hall–Kier alpha value is -6.66. The van der Waals surface area contributed by atoms with E-state index in [1.54, 1.807) is 0 Å². The summed E-state index contributed by atoms with van der Waals surface area (Å²) in [6.45, 7) is 4.66. The lowest BCUT2D eigenvalue weighted by Crippen LogP contribution is -2.20. The fraction of sp³-hybridized carbons (Fsp3) is 0.106. The van der Waals surface area contributed by atoms with E-state index in [9.17, 15) is 0 Å². The minimum absolute atomic E-state index is 0.194. The van der Waals surface area contributed by atoms with E-state index in [-0.39, 0.29) is 5.41 Å². The molecule has 0 saturated carbocycles. The standard InChI is InChI=1S/C47H32N4O2/c1-47(2)32-18-8-6-16-28(32)30-24-31-37(25-33(30)47)51(46-48-34-19-9-7-17-29(34)43(49-46)27-14-4-3-5-15-27)38-26-41-44-45(42(31)38)53-40-23-13-11-21-36(40)50(44)35-20-10-12-22-39(35)52-41/h3-6,8-16,18-26H,7,17H2,1-2H3. The molecule has 0 amide bonds. The van der Waals surface area contributed by atoms with Gasteiger partial charge < -0.3 is 9.47 Å². The average Bonchev–Trinajstić information content (AvgIpc) is 3.64. The Labute approximate surface area is 306 Å². The molecule has 0 atom stereocenters. The van der Waals surface area contributed by atoms with Crippen molar-refractivity contribution in [3.63, 3.8) is 0 Å². The summed E-state index contributed by atoms with van der Waals surface area (Å²) in [4.78, 5) is 13.1. The number of para-hydroxylation sites is 4. The maximum Gasteiger partial charge on any atom is 0.235 e. The van der Waals surface area contributed by atoms with E-state index in [0.717, 1.165) is 91.7 Å². The number of anilines is 3. The molecular formula is C47H32N4O2. The minimum Gasteiger partial charge on any atom is -0.453 e. The van der Waals surface area contributed by atoms with Crippen LogP contribution in [0.5, 0.6) is 23.0 Å². The predicted molar refractivity (Wildman–Crippen MR) is 212 cm³/mol. The number of nitrogens with zero attached hydrogens (tertiary/aromatic N) is 4. The van der Waals surface area contributed by atoms with Crippen molar-refractivity contribution in [3.8, 4) is 51.3 Å². The summed E-state index contributed by atoms with van der Waals surface area (Å²) < 4.78 is 16.1. The van der Waals surface area contributed by atoms with Crippen LogP contribution < -0.4 is 14.4 Å². The number of benzene rings is 6. The number of aromatic nitrogens is 3. The highest BCUT2D eigenvalue weighted by molar-refractivity contribution is 6.18. The third-order valence-electron chi connectivity index (χ3n) is 11.6. The molecule has 6 nitrogen and oxygen atoms in total. The molecule has 252 valence electrons. The van der Waals surface area contributed by atoms with Gasteiger partial charge >= 0.3 is 0 Å². The van der Waals surface area contributed by atoms with Crippen LogP contribution in [0.4, 0.5) is 17.1 Å². The Bertz CT molecular complexity index is 2930. The van der Waals surface area contributed by atoms with Crippen LogP contribution in [0, 0.1) is 0 Å². The van der Waals surface area contributed by atoms with Crippen LogP contribution in [0.25, 0.3) is 56.2 Å². The summed E-state index contributed by atoms with van der Waals surface area (Å²) in [5, 5.41) is 2.09. The van der Waals surface area contributed by atoms with Crippen LogP contribution in [0.1, 0.15) is 42.7 Å². The van der Waals surface area contributed by atoms with Gasteiger partial charge in [-0.1, -0.05) is 98.8 Å². The van der Waals surface area contributed by atoms with Crippen molar-refractivity contribution in [3.05, 3.63) is 150 Å². The Morgan fingerprint density at radius 1 is 0.660 bits per heavy atom. The maximum atomic E-state index is 7.04. The van der Waals surface area contributed by atoms with Crippen molar-refractivity contribution in [2.24, 2.45) is 0 Å². The number of fused-ring (bicyclic) bond motifs is 12. The molecule has 53 heavy (non-hydrogen) atoms. The van der Waals surface area contributed by atoms with Gasteiger partial charge in [0.1, 0.15) is 5.69 Å². The highest BCUT2D eigenvalue weighted by Crippen LogP contribution is 2.63. The summed E-state index contributed by atoms with van der Waals surface area (Å²) in [5.41, 5.74) is 14.0. The van der Waals surface area contributed by atoms with Gasteiger partial charge in [-0.15, -0.1) is 0 Å². The molecule has 0 spiro atoms. The van der Waals surface area contributed by atoms with Gasteiger partial charge in [0.2, 0.25) is 5.95 Å². The summed E-state index contributed by atoms with van der Waals surface area (Å²) in [6, 6.07) is 42.7. The van der Waals surface area contributed by atoms with E-state index in [4.69, 9.17) is 19.4 Å². The summed E-state index contributed by atoms with van der Waals surface area (Å²) in [6.07, 6.45) is 6.25. The maximum absolute atomic E-state index is 7.04. The van der Waals surface area contributed by atoms with Crippen LogP contribution in [-0.4, -0.2) is 14.5 Å². The van der Waals surface area contributed by atoms with Crippen molar-refractivity contribution in [1.29, 1.82) is 0 Å². The SMILES string of the molecule is CC1(C)c2ccccc2-c2cc3c4c5c6c(cc4n(-c4nc7c(c(-c8ccccc8)n4)CCC=C7)c3cc21)Oc1ccccc1N6c1ccccc1O5. The smallest absolute Gasteiger partial charge is 0.235 e. The molecule has 2 aromatic heterocycles. The predicted octanol–water partition coefficient (Wildman–Crippen LogP) is 12.2. The van der Waals surface area contributed by atoms with Gasteiger partial charge in [0.15, 0.2) is 23.0 Å². The van der Waals surface area contributed by atoms with Gasteiger partial charge in [0.25, 0.3) is 0 Å². The average molecular weight is 685 g/mol. The summed E-state index contributed by atoms with van der Waals surface area (Å²) in [7, 11) is 0. The van der Waals surface area contributed by atoms with E-state index < -0.39 is 0 Å². The first-order valence-electron chi connectivity index (χ1n) is 18.3. The van der Waals surface area contributed by atoms with Gasteiger partial charge in [-0.05, 0) is 77.6 Å². The fourth-order valence-electron chi connectivity index (χ4n) is 9.19. The summed E-state index contributed by atoms with van der Waals surface area (Å²) >= 11 is 0. The van der Waals surface area contributed by atoms with E-state index in [2.05, 4.69) is 139 Å². The molecule has 2 aliphatic carbocycles. The molecule has 0 saturated heterocycles. The van der Waals surface area contributed by atoms with Gasteiger partial charge in [-0.2, -0.15) is 0 Å². The first-order chi connectivity index (χ1) is 26.0. The summed E-state index contributed by atoms with van der Waals surface area (Å²) in [5.74, 6) is 3.71. The van der Waals surface area contributed by atoms with E-state index in [1.807, 2.05) is 18.2 Å². The van der Waals surface area contributed by atoms with Crippen LogP contribution in [0.15, 0.2) is 127 Å². The Morgan fingerprint density at radius 2 is 1.40 bits per heavy atom. The quantitative estimate of drug-likeness (QED) is 0.181. The molecule has 0 radical (unpaired) electrons. The number of rotatable bonds is 2. The zero-order valence-electron chi connectivity index (χ0n) is 29.2. The lowest BCUT2D eigenvalue weighted by Gasteiger charge is -2.38. The van der Waals surface area contributed by atoms with Crippen molar-refractivity contribution in [2.45, 2.75) is 32.1 Å². The fourth-order valence-corrected chi connectivity index (χ4v) is 9.19. The highest BCUT2D eigenvalue weighted by Gasteiger charge is 2.40. The normalized spacial score (nSPS) is 15.2.